The van der Waals surface area contributed by atoms with Crippen molar-refractivity contribution in [3.05, 3.63) is 53.1 Å². The first-order valence-electron chi connectivity index (χ1n) is 8.60. The van der Waals surface area contributed by atoms with Crippen molar-refractivity contribution < 1.29 is 22.7 Å². The predicted octanol–water partition coefficient (Wildman–Crippen LogP) is 2.84. The summed E-state index contributed by atoms with van der Waals surface area (Å²) >= 11 is 6.07. The third-order valence-electron chi connectivity index (χ3n) is 3.60. The molecule has 2 aromatic rings. The molecule has 2 N–H and O–H groups in total. The van der Waals surface area contributed by atoms with Crippen LogP contribution in [0.2, 0.25) is 5.02 Å². The third-order valence-corrected chi connectivity index (χ3v) is 5.58. The standard InChI is InChI=1S/C19H23ClN2O5S/c1-13(2)22-28(24,25)14-8-9-16(20)15(12-14)19(23)21-10-11-27-18-7-5-4-6-17(18)26-3/h4-9,12-13,22H,10-11H2,1-3H3,(H,21,23). The lowest BCUT2D eigenvalue weighted by molar-refractivity contribution is 0.0946. The molecule has 0 aliphatic heterocycles. The Balaban J connectivity index is 2.01. The van der Waals surface area contributed by atoms with E-state index in [9.17, 15) is 13.2 Å². The van der Waals surface area contributed by atoms with Crippen LogP contribution in [0.1, 0.15) is 24.2 Å². The molecule has 0 unspecified atom stereocenters. The molecule has 0 spiro atoms. The van der Waals surface area contributed by atoms with Crippen LogP contribution in [0.4, 0.5) is 0 Å². The summed E-state index contributed by atoms with van der Waals surface area (Å²) in [6.07, 6.45) is 0. The molecule has 0 aliphatic carbocycles. The summed E-state index contributed by atoms with van der Waals surface area (Å²) < 4.78 is 37.8. The Morgan fingerprint density at radius 1 is 1.14 bits per heavy atom. The lowest BCUT2D eigenvalue weighted by Crippen LogP contribution is -2.31. The van der Waals surface area contributed by atoms with Gasteiger partial charge in [-0.15, -0.1) is 0 Å². The summed E-state index contributed by atoms with van der Waals surface area (Å²) in [5, 5.41) is 2.82. The molecule has 152 valence electrons. The van der Waals surface area contributed by atoms with E-state index in [2.05, 4.69) is 10.0 Å². The number of methoxy groups -OCH3 is 1. The van der Waals surface area contributed by atoms with Crippen LogP contribution in [0.3, 0.4) is 0 Å². The van der Waals surface area contributed by atoms with Crippen LogP contribution in [0, 0.1) is 0 Å². The number of sulfonamides is 1. The number of benzene rings is 2. The maximum absolute atomic E-state index is 12.4. The highest BCUT2D eigenvalue weighted by Gasteiger charge is 2.19. The molecular formula is C19H23ClN2O5S. The summed E-state index contributed by atoms with van der Waals surface area (Å²) in [6.45, 7) is 3.83. The zero-order valence-corrected chi connectivity index (χ0v) is 17.4. The first kappa shape index (κ1) is 22.0. The largest absolute Gasteiger partial charge is 0.493 e. The SMILES string of the molecule is COc1ccccc1OCCNC(=O)c1cc(S(=O)(=O)NC(C)C)ccc1Cl. The molecule has 0 saturated carbocycles. The number of carbonyl (C=O) groups is 1. The van der Waals surface area contributed by atoms with Crippen LogP contribution in [0.5, 0.6) is 11.5 Å². The van der Waals surface area contributed by atoms with Gasteiger partial charge in [0.1, 0.15) is 6.61 Å². The molecular weight excluding hydrogens is 404 g/mol. The molecule has 0 aromatic heterocycles. The maximum Gasteiger partial charge on any atom is 0.252 e. The van der Waals surface area contributed by atoms with E-state index in [0.29, 0.717) is 11.5 Å². The average molecular weight is 427 g/mol. The molecule has 0 atom stereocenters. The fourth-order valence-electron chi connectivity index (χ4n) is 2.38. The van der Waals surface area contributed by atoms with Gasteiger partial charge in [-0.1, -0.05) is 23.7 Å². The van der Waals surface area contributed by atoms with E-state index in [1.54, 1.807) is 33.1 Å². The van der Waals surface area contributed by atoms with Crippen molar-refractivity contribution in [1.82, 2.24) is 10.0 Å². The zero-order valence-electron chi connectivity index (χ0n) is 15.9. The molecule has 0 heterocycles. The van der Waals surface area contributed by atoms with E-state index in [4.69, 9.17) is 21.1 Å². The molecule has 0 radical (unpaired) electrons. The lowest BCUT2D eigenvalue weighted by atomic mass is 10.2. The zero-order chi connectivity index (χ0) is 20.7. The van der Waals surface area contributed by atoms with Crippen LogP contribution >= 0.6 is 11.6 Å². The summed E-state index contributed by atoms with van der Waals surface area (Å²) in [7, 11) is -2.19. The predicted molar refractivity (Wildman–Crippen MR) is 108 cm³/mol. The minimum absolute atomic E-state index is 0.0268. The van der Waals surface area contributed by atoms with Gasteiger partial charge in [-0.3, -0.25) is 4.79 Å². The first-order chi connectivity index (χ1) is 13.2. The molecule has 0 bridgehead atoms. The van der Waals surface area contributed by atoms with Crippen molar-refractivity contribution in [1.29, 1.82) is 0 Å². The summed E-state index contributed by atoms with van der Waals surface area (Å²) in [4.78, 5) is 12.4. The van der Waals surface area contributed by atoms with Crippen LogP contribution in [0.15, 0.2) is 47.4 Å². The number of para-hydroxylation sites is 2. The Hall–Kier alpha value is -2.29. The van der Waals surface area contributed by atoms with Crippen molar-refractivity contribution >= 4 is 27.5 Å². The Labute approximate surface area is 170 Å². The van der Waals surface area contributed by atoms with Gasteiger partial charge in [0.05, 0.1) is 29.1 Å². The lowest BCUT2D eigenvalue weighted by Gasteiger charge is -2.13. The second-order valence-corrected chi connectivity index (χ2v) is 8.29. The molecule has 2 aromatic carbocycles. The molecule has 1 amide bonds. The number of hydrogen-bond donors (Lipinski definition) is 2. The van der Waals surface area contributed by atoms with Gasteiger partial charge in [-0.05, 0) is 44.2 Å². The van der Waals surface area contributed by atoms with Crippen molar-refractivity contribution in [2.45, 2.75) is 24.8 Å². The molecule has 0 saturated heterocycles. The van der Waals surface area contributed by atoms with E-state index in [0.717, 1.165) is 0 Å². The van der Waals surface area contributed by atoms with Crippen LogP contribution < -0.4 is 19.5 Å². The summed E-state index contributed by atoms with van der Waals surface area (Å²) in [6, 6.07) is 10.9. The smallest absolute Gasteiger partial charge is 0.252 e. The van der Waals surface area contributed by atoms with Crippen LogP contribution in [-0.2, 0) is 10.0 Å². The van der Waals surface area contributed by atoms with Gasteiger partial charge < -0.3 is 14.8 Å². The van der Waals surface area contributed by atoms with Gasteiger partial charge in [0.25, 0.3) is 5.91 Å². The molecule has 28 heavy (non-hydrogen) atoms. The van der Waals surface area contributed by atoms with Crippen molar-refractivity contribution in [2.75, 3.05) is 20.3 Å². The number of nitrogens with one attached hydrogen (secondary N) is 2. The van der Waals surface area contributed by atoms with Gasteiger partial charge in [0.2, 0.25) is 10.0 Å². The number of amides is 1. The number of carbonyl (C=O) groups excluding carboxylic acids is 1. The van der Waals surface area contributed by atoms with E-state index in [-0.39, 0.29) is 34.7 Å². The van der Waals surface area contributed by atoms with Crippen LogP contribution in [-0.4, -0.2) is 40.6 Å². The highest BCUT2D eigenvalue weighted by molar-refractivity contribution is 7.89. The minimum Gasteiger partial charge on any atom is -0.493 e. The van der Waals surface area contributed by atoms with Gasteiger partial charge in [0, 0.05) is 6.04 Å². The summed E-state index contributed by atoms with van der Waals surface area (Å²) in [5.74, 6) is 0.660. The van der Waals surface area contributed by atoms with E-state index >= 15 is 0 Å². The molecule has 9 heteroatoms. The number of ether oxygens (including phenoxy) is 2. The Morgan fingerprint density at radius 2 is 1.82 bits per heavy atom. The fraction of sp³-hybridized carbons (Fsp3) is 0.316. The van der Waals surface area contributed by atoms with Gasteiger partial charge in [0.15, 0.2) is 11.5 Å². The first-order valence-corrected chi connectivity index (χ1v) is 10.5. The maximum atomic E-state index is 12.4. The Kier molecular flexibility index (Phi) is 7.68. The van der Waals surface area contributed by atoms with Crippen molar-refractivity contribution in [3.8, 4) is 11.5 Å². The fourth-order valence-corrected chi connectivity index (χ4v) is 3.86. The number of rotatable bonds is 9. The summed E-state index contributed by atoms with van der Waals surface area (Å²) in [5.41, 5.74) is 0.0746. The van der Waals surface area contributed by atoms with Gasteiger partial charge >= 0.3 is 0 Å². The Bertz CT molecular complexity index is 932. The topological polar surface area (TPSA) is 93.7 Å². The third kappa shape index (κ3) is 5.85. The highest BCUT2D eigenvalue weighted by atomic mass is 35.5. The average Bonchev–Trinajstić information content (AvgIpc) is 2.64. The molecule has 0 fully saturated rings. The van der Waals surface area contributed by atoms with Gasteiger partial charge in [-0.2, -0.15) is 0 Å². The monoisotopic (exact) mass is 426 g/mol. The molecule has 0 aliphatic rings. The normalized spacial score (nSPS) is 11.3. The van der Waals surface area contributed by atoms with Crippen LogP contribution in [0.25, 0.3) is 0 Å². The Morgan fingerprint density at radius 3 is 2.46 bits per heavy atom. The van der Waals surface area contributed by atoms with E-state index < -0.39 is 15.9 Å². The number of hydrogen-bond acceptors (Lipinski definition) is 5. The quantitative estimate of drug-likeness (QED) is 0.601. The van der Waals surface area contributed by atoms with Crippen molar-refractivity contribution in [3.63, 3.8) is 0 Å². The van der Waals surface area contributed by atoms with Gasteiger partial charge in [-0.25, -0.2) is 13.1 Å². The number of halogens is 1. The van der Waals surface area contributed by atoms with Crippen molar-refractivity contribution in [2.24, 2.45) is 0 Å². The second-order valence-electron chi connectivity index (χ2n) is 6.17. The van der Waals surface area contributed by atoms with E-state index in [1.165, 1.54) is 18.2 Å². The minimum atomic E-state index is -3.73. The molecule has 7 nitrogen and oxygen atoms in total. The van der Waals surface area contributed by atoms with E-state index in [1.807, 2.05) is 12.1 Å². The second kappa shape index (κ2) is 9.77. The highest BCUT2D eigenvalue weighted by Crippen LogP contribution is 2.25. The molecule has 2 rings (SSSR count).